The molecule has 0 aliphatic heterocycles. The van der Waals surface area contributed by atoms with Gasteiger partial charge in [-0.3, -0.25) is 33.9 Å². The Morgan fingerprint density at radius 2 is 0.941 bits per heavy atom. The smallest absolute Gasteiger partial charge is 0.418 e. The van der Waals surface area contributed by atoms with Gasteiger partial charge in [-0.1, -0.05) is 13.8 Å². The predicted molar refractivity (Wildman–Crippen MR) is 112 cm³/mol. The first-order chi connectivity index (χ1) is 15.8. The van der Waals surface area contributed by atoms with Gasteiger partial charge in [0.1, 0.15) is 6.73 Å². The summed E-state index contributed by atoms with van der Waals surface area (Å²) in [5.41, 5.74) is 0. The molecular formula is C19H31N3O12. The van der Waals surface area contributed by atoms with Crippen LogP contribution in [0.15, 0.2) is 0 Å². The fourth-order valence-electron chi connectivity index (χ4n) is 2.51. The zero-order chi connectivity index (χ0) is 26.3. The molecule has 15 heteroatoms. The highest BCUT2D eigenvalue weighted by atomic mass is 16.6. The number of carbonyl (C=O) groups excluding carboxylic acids is 2. The topological polar surface area (TPSA) is 212 Å². The van der Waals surface area contributed by atoms with E-state index < -0.39 is 68.7 Å². The van der Waals surface area contributed by atoms with Crippen LogP contribution in [0.25, 0.3) is 0 Å². The van der Waals surface area contributed by atoms with E-state index in [2.05, 4.69) is 0 Å². The number of carboxylic acids is 4. The van der Waals surface area contributed by atoms with Crippen molar-refractivity contribution in [3.63, 3.8) is 0 Å². The van der Waals surface area contributed by atoms with E-state index in [1.54, 1.807) is 13.8 Å². The molecule has 0 saturated heterocycles. The predicted octanol–water partition coefficient (Wildman–Crippen LogP) is -2.07. The molecule has 0 aromatic heterocycles. The van der Waals surface area contributed by atoms with Gasteiger partial charge in [0.15, 0.2) is 0 Å². The van der Waals surface area contributed by atoms with Crippen molar-refractivity contribution in [2.24, 2.45) is 5.92 Å². The van der Waals surface area contributed by atoms with E-state index in [1.165, 1.54) is 4.90 Å². The highest BCUT2D eigenvalue weighted by Gasteiger charge is 2.22. The fourth-order valence-corrected chi connectivity index (χ4v) is 2.51. The molecule has 0 saturated carbocycles. The molecule has 4 N–H and O–H groups in total. The maximum atomic E-state index is 11.7. The zero-order valence-electron chi connectivity index (χ0n) is 19.0. The minimum absolute atomic E-state index is 0.00229. The molecule has 0 aromatic rings. The van der Waals surface area contributed by atoms with Crippen molar-refractivity contribution >= 4 is 35.8 Å². The second-order valence-electron chi connectivity index (χ2n) is 7.67. The molecule has 194 valence electrons. The van der Waals surface area contributed by atoms with Crippen LogP contribution in [0.5, 0.6) is 0 Å². The third-order valence-electron chi connectivity index (χ3n) is 3.99. The third-order valence-corrected chi connectivity index (χ3v) is 3.99. The third kappa shape index (κ3) is 16.3. The number of carboxylic acid groups (broad SMARTS) is 4. The maximum Gasteiger partial charge on any atom is 0.418 e. The minimum Gasteiger partial charge on any atom is -0.480 e. The average Bonchev–Trinajstić information content (AvgIpc) is 2.69. The lowest BCUT2D eigenvalue weighted by atomic mass is 10.2. The largest absolute Gasteiger partial charge is 0.480 e. The molecule has 0 amide bonds. The van der Waals surface area contributed by atoms with Gasteiger partial charge in [0, 0.05) is 26.2 Å². The molecule has 0 radical (unpaired) electrons. The van der Waals surface area contributed by atoms with E-state index >= 15 is 0 Å². The van der Waals surface area contributed by atoms with Crippen LogP contribution in [0, 0.1) is 5.92 Å². The SMILES string of the molecule is CC(C)COC(=O)C(=O)OCN(CCN(CCN(CC(=O)O)CC(=O)O)CC(=O)O)CC(=O)O. The summed E-state index contributed by atoms with van der Waals surface area (Å²) in [5, 5.41) is 35.9. The van der Waals surface area contributed by atoms with Crippen molar-refractivity contribution in [2.75, 3.05) is 65.7 Å². The number of nitrogens with zero attached hydrogens (tertiary/aromatic N) is 3. The summed E-state index contributed by atoms with van der Waals surface area (Å²) in [5.74, 6) is -7.54. The normalized spacial score (nSPS) is 11.1. The summed E-state index contributed by atoms with van der Waals surface area (Å²) >= 11 is 0. The summed E-state index contributed by atoms with van der Waals surface area (Å²) in [6.07, 6.45) is 0. The average molecular weight is 493 g/mol. The van der Waals surface area contributed by atoms with Crippen LogP contribution < -0.4 is 0 Å². The van der Waals surface area contributed by atoms with E-state index in [9.17, 15) is 28.8 Å². The summed E-state index contributed by atoms with van der Waals surface area (Å²) in [4.78, 5) is 70.9. The Kier molecular flexibility index (Phi) is 14.7. The van der Waals surface area contributed by atoms with Crippen molar-refractivity contribution in [1.29, 1.82) is 0 Å². The van der Waals surface area contributed by atoms with Crippen molar-refractivity contribution in [3.05, 3.63) is 0 Å². The van der Waals surface area contributed by atoms with Gasteiger partial charge in [0.25, 0.3) is 0 Å². The first-order valence-electron chi connectivity index (χ1n) is 10.2. The zero-order valence-corrected chi connectivity index (χ0v) is 19.0. The summed E-state index contributed by atoms with van der Waals surface area (Å²) < 4.78 is 9.49. The van der Waals surface area contributed by atoms with Gasteiger partial charge in [-0.05, 0) is 5.92 Å². The van der Waals surface area contributed by atoms with E-state index in [4.69, 9.17) is 29.9 Å². The lowest BCUT2D eigenvalue weighted by Crippen LogP contribution is -2.45. The van der Waals surface area contributed by atoms with Gasteiger partial charge < -0.3 is 29.9 Å². The number of carbonyl (C=O) groups is 6. The van der Waals surface area contributed by atoms with Gasteiger partial charge in [-0.2, -0.15) is 0 Å². The molecule has 0 atom stereocenters. The Hall–Kier alpha value is -3.30. The standard InChI is InChI=1S/C19H31N3O12/c1-13(2)11-33-18(31)19(32)34-12-22(10-17(29)30)6-4-20(7-14(23)24)3-5-21(8-15(25)26)9-16(27)28/h13H,3-12H2,1-2H3,(H,23,24)(H,25,26)(H,27,28)(H,29,30). The molecule has 0 fully saturated rings. The molecule has 0 aliphatic carbocycles. The number of hydrogen-bond donors (Lipinski definition) is 4. The van der Waals surface area contributed by atoms with Gasteiger partial charge in [0.2, 0.25) is 0 Å². The summed E-state index contributed by atoms with van der Waals surface area (Å²) in [6.45, 7) is 0.491. The van der Waals surface area contributed by atoms with E-state index in [0.29, 0.717) is 0 Å². The Bertz CT molecular complexity index is 711. The van der Waals surface area contributed by atoms with Crippen LogP contribution in [-0.4, -0.2) is 137 Å². The molecule has 0 unspecified atom stereocenters. The van der Waals surface area contributed by atoms with Crippen molar-refractivity contribution in [1.82, 2.24) is 14.7 Å². The van der Waals surface area contributed by atoms with Gasteiger partial charge >= 0.3 is 35.8 Å². The van der Waals surface area contributed by atoms with Crippen molar-refractivity contribution in [2.45, 2.75) is 13.8 Å². The van der Waals surface area contributed by atoms with Crippen molar-refractivity contribution in [3.8, 4) is 0 Å². The minimum atomic E-state index is -1.31. The molecule has 15 nitrogen and oxygen atoms in total. The highest BCUT2D eigenvalue weighted by Crippen LogP contribution is 1.99. The van der Waals surface area contributed by atoms with Crippen LogP contribution in [-0.2, 0) is 38.2 Å². The van der Waals surface area contributed by atoms with Crippen LogP contribution in [0.3, 0.4) is 0 Å². The lowest BCUT2D eigenvalue weighted by molar-refractivity contribution is -0.171. The molecule has 0 bridgehead atoms. The number of esters is 2. The van der Waals surface area contributed by atoms with E-state index in [-0.39, 0.29) is 38.7 Å². The number of hydrogen-bond acceptors (Lipinski definition) is 11. The Balaban J connectivity index is 4.98. The number of aliphatic carboxylic acids is 4. The number of rotatable bonds is 18. The molecule has 34 heavy (non-hydrogen) atoms. The lowest BCUT2D eigenvalue weighted by Gasteiger charge is -2.27. The van der Waals surface area contributed by atoms with Crippen LogP contribution in [0.2, 0.25) is 0 Å². The molecule has 0 spiro atoms. The first-order valence-corrected chi connectivity index (χ1v) is 10.2. The molecule has 0 aromatic carbocycles. The van der Waals surface area contributed by atoms with Gasteiger partial charge in [0.05, 0.1) is 32.8 Å². The van der Waals surface area contributed by atoms with Crippen LogP contribution in [0.1, 0.15) is 13.8 Å². The van der Waals surface area contributed by atoms with E-state index in [1.807, 2.05) is 0 Å². The Morgan fingerprint density at radius 1 is 0.588 bits per heavy atom. The monoisotopic (exact) mass is 493 g/mol. The fraction of sp³-hybridized carbons (Fsp3) is 0.684. The highest BCUT2D eigenvalue weighted by molar-refractivity contribution is 6.29. The first kappa shape index (κ1) is 30.7. The number of ether oxygens (including phenoxy) is 2. The maximum absolute atomic E-state index is 11.7. The quantitative estimate of drug-likeness (QED) is 0.0917. The second-order valence-corrected chi connectivity index (χ2v) is 7.67. The molecular weight excluding hydrogens is 462 g/mol. The Morgan fingerprint density at radius 3 is 1.38 bits per heavy atom. The summed E-state index contributed by atoms with van der Waals surface area (Å²) in [6, 6.07) is 0. The second kappa shape index (κ2) is 16.3. The van der Waals surface area contributed by atoms with Crippen LogP contribution in [0.4, 0.5) is 0 Å². The Labute approximate surface area is 195 Å². The van der Waals surface area contributed by atoms with Crippen LogP contribution >= 0.6 is 0 Å². The molecule has 0 rings (SSSR count). The van der Waals surface area contributed by atoms with E-state index in [0.717, 1.165) is 9.80 Å². The molecule has 0 aliphatic rings. The van der Waals surface area contributed by atoms with Gasteiger partial charge in [-0.25, -0.2) is 9.59 Å². The molecule has 0 heterocycles. The summed E-state index contributed by atoms with van der Waals surface area (Å²) in [7, 11) is 0. The van der Waals surface area contributed by atoms with Gasteiger partial charge in [-0.15, -0.1) is 0 Å². The van der Waals surface area contributed by atoms with Crippen molar-refractivity contribution < 1.29 is 58.7 Å².